The highest BCUT2D eigenvalue weighted by molar-refractivity contribution is 7.20. The van der Waals surface area contributed by atoms with Gasteiger partial charge in [0.15, 0.2) is 5.65 Å². The van der Waals surface area contributed by atoms with E-state index < -0.39 is 0 Å². The fourth-order valence-electron chi connectivity index (χ4n) is 3.54. The van der Waals surface area contributed by atoms with E-state index in [0.29, 0.717) is 10.7 Å². The monoisotopic (exact) mass is 367 g/mol. The Kier molecular flexibility index (Phi) is 4.67. The number of likely N-dealkylation sites (tertiary alicyclic amines) is 1. The lowest BCUT2D eigenvalue weighted by atomic mass is 9.90. The first kappa shape index (κ1) is 17.4. The number of rotatable bonds is 4. The van der Waals surface area contributed by atoms with Crippen molar-refractivity contribution in [2.45, 2.75) is 52.1 Å². The maximum absolute atomic E-state index is 5.94. The van der Waals surface area contributed by atoms with Crippen LogP contribution in [0, 0.1) is 6.92 Å². The Morgan fingerprint density at radius 1 is 1.19 bits per heavy atom. The Balaban J connectivity index is 1.45. The molecule has 2 aromatic heterocycles. The van der Waals surface area contributed by atoms with E-state index in [2.05, 4.69) is 46.9 Å². The first-order chi connectivity index (χ1) is 12.5. The Hall–Kier alpha value is -1.98. The van der Waals surface area contributed by atoms with Gasteiger partial charge in [-0.1, -0.05) is 29.9 Å². The normalized spacial score (nSPS) is 17.5. The summed E-state index contributed by atoms with van der Waals surface area (Å²) in [5.41, 5.74) is 3.51. The quantitative estimate of drug-likeness (QED) is 0.605. The maximum Gasteiger partial charge on any atom is 0.281 e. The molecule has 0 aliphatic carbocycles. The fraction of sp³-hybridized carbons (Fsp3) is 0.429. The van der Waals surface area contributed by atoms with Crippen LogP contribution >= 0.6 is 11.3 Å². The van der Waals surface area contributed by atoms with Gasteiger partial charge in [0.2, 0.25) is 0 Å². The van der Waals surface area contributed by atoms with Crippen LogP contribution in [0.25, 0.3) is 10.3 Å². The first-order valence-corrected chi connectivity index (χ1v) is 10.1. The molecule has 1 fully saturated rings. The van der Waals surface area contributed by atoms with E-state index in [0.717, 1.165) is 28.2 Å². The molecule has 1 aliphatic rings. The van der Waals surface area contributed by atoms with Crippen LogP contribution < -0.4 is 4.74 Å². The number of aryl methyl sites for hydroxylation is 1. The summed E-state index contributed by atoms with van der Waals surface area (Å²) in [6.45, 7) is 8.93. The lowest BCUT2D eigenvalue weighted by molar-refractivity contribution is 0.0692. The smallest absolute Gasteiger partial charge is 0.281 e. The van der Waals surface area contributed by atoms with Crippen LogP contribution in [0.15, 0.2) is 36.5 Å². The van der Waals surface area contributed by atoms with Gasteiger partial charge >= 0.3 is 0 Å². The third-order valence-electron chi connectivity index (χ3n) is 5.19. The largest absolute Gasteiger partial charge is 0.431 e. The fourth-order valence-corrected chi connectivity index (χ4v) is 4.43. The standard InChI is InChI=1S/C21H25N3OS/c1-15-12-18-19(22-13-15)23-20(26-18)25-17-8-6-16(7-9-17)14-24-11-5-4-10-21(24,2)3/h6-9,12-13H,4-5,10-11,14H2,1-3H3. The van der Waals surface area contributed by atoms with Crippen LogP contribution in [0.5, 0.6) is 10.9 Å². The minimum absolute atomic E-state index is 0.291. The summed E-state index contributed by atoms with van der Waals surface area (Å²) in [5, 5.41) is 0.642. The maximum atomic E-state index is 5.94. The van der Waals surface area contributed by atoms with Gasteiger partial charge in [0.05, 0.1) is 4.70 Å². The van der Waals surface area contributed by atoms with Gasteiger partial charge < -0.3 is 4.74 Å². The molecule has 136 valence electrons. The van der Waals surface area contributed by atoms with Crippen molar-refractivity contribution < 1.29 is 4.74 Å². The summed E-state index contributed by atoms with van der Waals surface area (Å²) >= 11 is 1.53. The molecule has 0 N–H and O–H groups in total. The number of ether oxygens (including phenoxy) is 1. The molecule has 0 radical (unpaired) electrons. The molecule has 1 saturated heterocycles. The molecule has 0 spiro atoms. The topological polar surface area (TPSA) is 38.3 Å². The van der Waals surface area contributed by atoms with Crippen molar-refractivity contribution >= 4 is 21.7 Å². The first-order valence-electron chi connectivity index (χ1n) is 9.25. The third kappa shape index (κ3) is 3.74. The minimum Gasteiger partial charge on any atom is -0.431 e. The number of fused-ring (bicyclic) bond motifs is 1. The Morgan fingerprint density at radius 2 is 2.00 bits per heavy atom. The van der Waals surface area contributed by atoms with Crippen molar-refractivity contribution in [1.29, 1.82) is 0 Å². The number of thiazole rings is 1. The summed E-state index contributed by atoms with van der Waals surface area (Å²) < 4.78 is 7.00. The average molecular weight is 368 g/mol. The lowest BCUT2D eigenvalue weighted by Gasteiger charge is -2.42. The third-order valence-corrected chi connectivity index (χ3v) is 6.06. The van der Waals surface area contributed by atoms with Gasteiger partial charge in [-0.15, -0.1) is 0 Å². The van der Waals surface area contributed by atoms with E-state index in [4.69, 9.17) is 4.74 Å². The van der Waals surface area contributed by atoms with Crippen LogP contribution in [-0.4, -0.2) is 27.0 Å². The number of benzene rings is 1. The second-order valence-corrected chi connectivity index (χ2v) is 8.74. The van der Waals surface area contributed by atoms with E-state index in [1.807, 2.05) is 25.3 Å². The molecule has 4 rings (SSSR count). The van der Waals surface area contributed by atoms with Crippen LogP contribution in [-0.2, 0) is 6.54 Å². The van der Waals surface area contributed by atoms with E-state index in [-0.39, 0.29) is 0 Å². The molecule has 1 aromatic carbocycles. The summed E-state index contributed by atoms with van der Waals surface area (Å²) in [6, 6.07) is 10.5. The van der Waals surface area contributed by atoms with Crippen LogP contribution in [0.1, 0.15) is 44.2 Å². The number of aromatic nitrogens is 2. The molecule has 0 atom stereocenters. The zero-order valence-corrected chi connectivity index (χ0v) is 16.5. The second kappa shape index (κ2) is 6.97. The molecule has 4 nitrogen and oxygen atoms in total. The van der Waals surface area contributed by atoms with Crippen molar-refractivity contribution in [3.63, 3.8) is 0 Å². The van der Waals surface area contributed by atoms with E-state index in [1.54, 1.807) is 0 Å². The molecular formula is C21H25N3OS. The number of piperidine rings is 1. The molecule has 26 heavy (non-hydrogen) atoms. The predicted molar refractivity (Wildman–Crippen MR) is 107 cm³/mol. The highest BCUT2D eigenvalue weighted by Crippen LogP contribution is 2.32. The molecule has 0 saturated carbocycles. The van der Waals surface area contributed by atoms with Crippen LogP contribution in [0.4, 0.5) is 0 Å². The molecular weight excluding hydrogens is 342 g/mol. The van der Waals surface area contributed by atoms with Gasteiger partial charge in [-0.25, -0.2) is 4.98 Å². The molecule has 1 aliphatic heterocycles. The van der Waals surface area contributed by atoms with Gasteiger partial charge in [-0.3, -0.25) is 4.90 Å². The molecule has 3 aromatic rings. The molecule has 0 bridgehead atoms. The van der Waals surface area contributed by atoms with Crippen LogP contribution in [0.2, 0.25) is 0 Å². The Labute approximate surface area is 158 Å². The molecule has 0 unspecified atom stereocenters. The number of hydrogen-bond acceptors (Lipinski definition) is 5. The lowest BCUT2D eigenvalue weighted by Crippen LogP contribution is -2.46. The van der Waals surface area contributed by atoms with Gasteiger partial charge in [0.1, 0.15) is 5.75 Å². The summed E-state index contributed by atoms with van der Waals surface area (Å²) in [7, 11) is 0. The SMILES string of the molecule is Cc1cnc2nc(Oc3ccc(CN4CCCCC4(C)C)cc3)sc2c1. The van der Waals surface area contributed by atoms with Gasteiger partial charge in [-0.05, 0) is 69.5 Å². The predicted octanol–water partition coefficient (Wildman–Crippen LogP) is 5.56. The van der Waals surface area contributed by atoms with Gasteiger partial charge in [0, 0.05) is 18.3 Å². The van der Waals surface area contributed by atoms with Crippen LogP contribution in [0.3, 0.4) is 0 Å². The van der Waals surface area contributed by atoms with Crippen molar-refractivity contribution in [3.8, 4) is 10.9 Å². The summed E-state index contributed by atoms with van der Waals surface area (Å²) in [4.78, 5) is 11.4. The second-order valence-electron chi connectivity index (χ2n) is 7.75. The van der Waals surface area contributed by atoms with Crippen molar-refractivity contribution in [1.82, 2.24) is 14.9 Å². The van der Waals surface area contributed by atoms with Crippen molar-refractivity contribution in [3.05, 3.63) is 47.7 Å². The zero-order chi connectivity index (χ0) is 18.1. The number of pyridine rings is 1. The molecule has 0 amide bonds. The van der Waals surface area contributed by atoms with E-state index in [1.165, 1.54) is 42.7 Å². The van der Waals surface area contributed by atoms with E-state index in [9.17, 15) is 0 Å². The molecule has 5 heteroatoms. The molecule has 3 heterocycles. The Bertz CT molecular complexity index is 901. The zero-order valence-electron chi connectivity index (χ0n) is 15.7. The average Bonchev–Trinajstić information content (AvgIpc) is 2.99. The summed E-state index contributed by atoms with van der Waals surface area (Å²) in [6.07, 6.45) is 5.75. The Morgan fingerprint density at radius 3 is 2.77 bits per heavy atom. The highest BCUT2D eigenvalue weighted by atomic mass is 32.1. The van der Waals surface area contributed by atoms with Crippen molar-refractivity contribution in [2.24, 2.45) is 0 Å². The van der Waals surface area contributed by atoms with Gasteiger partial charge in [-0.2, -0.15) is 4.98 Å². The highest BCUT2D eigenvalue weighted by Gasteiger charge is 2.29. The van der Waals surface area contributed by atoms with E-state index >= 15 is 0 Å². The summed E-state index contributed by atoms with van der Waals surface area (Å²) in [5.74, 6) is 0.822. The van der Waals surface area contributed by atoms with Crippen molar-refractivity contribution in [2.75, 3.05) is 6.54 Å². The number of nitrogens with zero attached hydrogens (tertiary/aromatic N) is 3. The van der Waals surface area contributed by atoms with Gasteiger partial charge in [0.25, 0.3) is 5.19 Å². The minimum atomic E-state index is 0.291. The number of hydrogen-bond donors (Lipinski definition) is 0.